The smallest absolute Gasteiger partial charge is 0.118 e. The van der Waals surface area contributed by atoms with E-state index in [1.807, 2.05) is 36.4 Å². The van der Waals surface area contributed by atoms with E-state index in [0.717, 1.165) is 37.2 Å². The van der Waals surface area contributed by atoms with Crippen molar-refractivity contribution in [3.63, 3.8) is 0 Å². The summed E-state index contributed by atoms with van der Waals surface area (Å²) in [4.78, 5) is 0. The summed E-state index contributed by atoms with van der Waals surface area (Å²) in [6, 6.07) is 11.8. The van der Waals surface area contributed by atoms with Gasteiger partial charge in [0.25, 0.3) is 0 Å². The van der Waals surface area contributed by atoms with Crippen LogP contribution in [0.1, 0.15) is 24.2 Å². The molecule has 1 aromatic heterocycles. The van der Waals surface area contributed by atoms with Gasteiger partial charge >= 0.3 is 0 Å². The highest BCUT2D eigenvalue weighted by molar-refractivity contribution is 5.27. The van der Waals surface area contributed by atoms with Gasteiger partial charge in [-0.3, -0.25) is 0 Å². The Morgan fingerprint density at radius 2 is 1.84 bits per heavy atom. The van der Waals surface area contributed by atoms with Gasteiger partial charge in [-0.05, 0) is 49.1 Å². The number of furan rings is 1. The third-order valence-electron chi connectivity index (χ3n) is 3.23. The number of methoxy groups -OCH3 is 1. The second kappa shape index (κ2) is 7.00. The first-order valence-corrected chi connectivity index (χ1v) is 6.61. The molecule has 1 N–H and O–H groups in total. The molecule has 2 rings (SSSR count). The molecule has 0 aliphatic rings. The van der Waals surface area contributed by atoms with Crippen LogP contribution in [0.25, 0.3) is 0 Å². The fourth-order valence-corrected chi connectivity index (χ4v) is 2.03. The monoisotopic (exact) mass is 260 g/mol. The number of rotatable bonds is 7. The third kappa shape index (κ3) is 4.45. The molecule has 0 fully saturated rings. The molecule has 1 heterocycles. The highest BCUT2D eigenvalue weighted by Crippen LogP contribution is 2.15. The lowest BCUT2D eigenvalue weighted by Crippen LogP contribution is -2.09. The summed E-state index contributed by atoms with van der Waals surface area (Å²) < 4.78 is 10.4. The summed E-state index contributed by atoms with van der Waals surface area (Å²) in [6.45, 7) is 0. The minimum Gasteiger partial charge on any atom is -0.497 e. The van der Waals surface area contributed by atoms with Gasteiger partial charge in [0.15, 0.2) is 0 Å². The maximum Gasteiger partial charge on any atom is 0.118 e. The molecule has 0 bridgehead atoms. The minimum absolute atomic E-state index is 0.285. The number of aliphatic hydroxyl groups is 1. The van der Waals surface area contributed by atoms with Crippen LogP contribution in [0.2, 0.25) is 0 Å². The maximum absolute atomic E-state index is 9.94. The van der Waals surface area contributed by atoms with Crippen LogP contribution in [0.4, 0.5) is 0 Å². The van der Waals surface area contributed by atoms with Crippen molar-refractivity contribution in [2.24, 2.45) is 0 Å². The topological polar surface area (TPSA) is 42.6 Å². The van der Waals surface area contributed by atoms with Crippen molar-refractivity contribution in [3.8, 4) is 5.75 Å². The molecule has 1 unspecified atom stereocenters. The molecule has 102 valence electrons. The van der Waals surface area contributed by atoms with E-state index in [1.165, 1.54) is 5.56 Å². The number of ether oxygens (including phenoxy) is 1. The van der Waals surface area contributed by atoms with Crippen LogP contribution < -0.4 is 4.74 Å². The minimum atomic E-state index is -0.285. The van der Waals surface area contributed by atoms with E-state index in [0.29, 0.717) is 0 Å². The summed E-state index contributed by atoms with van der Waals surface area (Å²) >= 11 is 0. The van der Waals surface area contributed by atoms with Crippen LogP contribution in [-0.4, -0.2) is 18.3 Å². The fourth-order valence-electron chi connectivity index (χ4n) is 2.03. The van der Waals surface area contributed by atoms with E-state index >= 15 is 0 Å². The van der Waals surface area contributed by atoms with Crippen molar-refractivity contribution in [1.29, 1.82) is 0 Å². The van der Waals surface area contributed by atoms with Crippen LogP contribution in [0.3, 0.4) is 0 Å². The van der Waals surface area contributed by atoms with Crippen LogP contribution in [-0.2, 0) is 12.8 Å². The second-order valence-electron chi connectivity index (χ2n) is 4.66. The third-order valence-corrected chi connectivity index (χ3v) is 3.23. The largest absolute Gasteiger partial charge is 0.497 e. The summed E-state index contributed by atoms with van der Waals surface area (Å²) in [6.07, 6.45) is 4.56. The van der Waals surface area contributed by atoms with Crippen molar-refractivity contribution in [1.82, 2.24) is 0 Å². The maximum atomic E-state index is 9.94. The Bertz CT molecular complexity index is 459. The summed E-state index contributed by atoms with van der Waals surface area (Å²) in [5, 5.41) is 9.94. The SMILES string of the molecule is COc1ccc(CCC(O)CCc2ccco2)cc1. The Kier molecular flexibility index (Phi) is 5.04. The van der Waals surface area contributed by atoms with Crippen molar-refractivity contribution >= 4 is 0 Å². The number of hydrogen-bond donors (Lipinski definition) is 1. The standard InChI is InChI=1S/C16H20O3/c1-18-15-9-5-13(6-10-15)4-7-14(17)8-11-16-3-2-12-19-16/h2-3,5-6,9-10,12,14,17H,4,7-8,11H2,1H3. The number of benzene rings is 1. The van der Waals surface area contributed by atoms with Gasteiger partial charge in [-0.2, -0.15) is 0 Å². The first-order chi connectivity index (χ1) is 9.28. The van der Waals surface area contributed by atoms with E-state index < -0.39 is 0 Å². The Hall–Kier alpha value is -1.74. The van der Waals surface area contributed by atoms with Crippen LogP contribution in [0.5, 0.6) is 5.75 Å². The average Bonchev–Trinajstić information content (AvgIpc) is 2.96. The van der Waals surface area contributed by atoms with E-state index in [2.05, 4.69) is 0 Å². The van der Waals surface area contributed by atoms with E-state index in [1.54, 1.807) is 13.4 Å². The Labute approximate surface area is 113 Å². The van der Waals surface area contributed by atoms with E-state index in [4.69, 9.17) is 9.15 Å². The predicted molar refractivity (Wildman–Crippen MR) is 74.4 cm³/mol. The zero-order chi connectivity index (χ0) is 13.5. The lowest BCUT2D eigenvalue weighted by atomic mass is 10.0. The van der Waals surface area contributed by atoms with E-state index in [9.17, 15) is 5.11 Å². The highest BCUT2D eigenvalue weighted by Gasteiger charge is 2.06. The van der Waals surface area contributed by atoms with Gasteiger partial charge < -0.3 is 14.3 Å². The Morgan fingerprint density at radius 1 is 1.11 bits per heavy atom. The van der Waals surface area contributed by atoms with Gasteiger partial charge in [0.05, 0.1) is 19.5 Å². The molecule has 0 spiro atoms. The molecule has 0 aliphatic carbocycles. The molecule has 3 heteroatoms. The Balaban J connectivity index is 1.71. The zero-order valence-electron chi connectivity index (χ0n) is 11.2. The van der Waals surface area contributed by atoms with Crippen LogP contribution in [0.15, 0.2) is 47.1 Å². The molecule has 19 heavy (non-hydrogen) atoms. The van der Waals surface area contributed by atoms with Gasteiger partial charge in [0.2, 0.25) is 0 Å². The van der Waals surface area contributed by atoms with Crippen LogP contribution in [0, 0.1) is 0 Å². The van der Waals surface area contributed by atoms with Crippen LogP contribution >= 0.6 is 0 Å². The second-order valence-corrected chi connectivity index (χ2v) is 4.66. The molecular weight excluding hydrogens is 240 g/mol. The average molecular weight is 260 g/mol. The van der Waals surface area contributed by atoms with Crippen molar-refractivity contribution < 1.29 is 14.3 Å². The van der Waals surface area contributed by atoms with Gasteiger partial charge in [0.1, 0.15) is 11.5 Å². The van der Waals surface area contributed by atoms with Crippen molar-refractivity contribution in [2.45, 2.75) is 31.8 Å². The van der Waals surface area contributed by atoms with Crippen molar-refractivity contribution in [2.75, 3.05) is 7.11 Å². The number of aliphatic hydroxyl groups excluding tert-OH is 1. The number of hydrogen-bond acceptors (Lipinski definition) is 3. The van der Waals surface area contributed by atoms with Crippen molar-refractivity contribution in [3.05, 3.63) is 54.0 Å². The lowest BCUT2D eigenvalue weighted by Gasteiger charge is -2.09. The fraction of sp³-hybridized carbons (Fsp3) is 0.375. The van der Waals surface area contributed by atoms with Gasteiger partial charge in [-0.25, -0.2) is 0 Å². The zero-order valence-corrected chi connectivity index (χ0v) is 11.2. The Morgan fingerprint density at radius 3 is 2.47 bits per heavy atom. The highest BCUT2D eigenvalue weighted by atomic mass is 16.5. The molecule has 0 saturated heterocycles. The molecule has 2 aromatic rings. The molecule has 0 saturated carbocycles. The van der Waals surface area contributed by atoms with Gasteiger partial charge in [-0.1, -0.05) is 12.1 Å². The summed E-state index contributed by atoms with van der Waals surface area (Å²) in [5.41, 5.74) is 1.22. The molecule has 0 amide bonds. The number of aryl methyl sites for hydroxylation is 2. The van der Waals surface area contributed by atoms with Gasteiger partial charge in [0, 0.05) is 6.42 Å². The summed E-state index contributed by atoms with van der Waals surface area (Å²) in [7, 11) is 1.66. The first kappa shape index (κ1) is 13.7. The molecule has 1 aromatic carbocycles. The van der Waals surface area contributed by atoms with Gasteiger partial charge in [-0.15, -0.1) is 0 Å². The quantitative estimate of drug-likeness (QED) is 0.831. The predicted octanol–water partition coefficient (Wildman–Crippen LogP) is 3.21. The molecular formula is C16H20O3. The lowest BCUT2D eigenvalue weighted by molar-refractivity contribution is 0.153. The normalized spacial score (nSPS) is 12.3. The first-order valence-electron chi connectivity index (χ1n) is 6.61. The van der Waals surface area contributed by atoms with E-state index in [-0.39, 0.29) is 6.10 Å². The summed E-state index contributed by atoms with van der Waals surface area (Å²) in [5.74, 6) is 1.80. The molecule has 1 atom stereocenters. The molecule has 3 nitrogen and oxygen atoms in total. The molecule has 0 aliphatic heterocycles. The molecule has 0 radical (unpaired) electrons.